The second kappa shape index (κ2) is 3.58. The van der Waals surface area contributed by atoms with Crippen LogP contribution in [0.4, 0.5) is 17.6 Å². The van der Waals surface area contributed by atoms with Crippen LogP contribution in [0.3, 0.4) is 0 Å². The van der Waals surface area contributed by atoms with Crippen molar-refractivity contribution in [2.75, 3.05) is 13.1 Å². The Kier molecular flexibility index (Phi) is 2.84. The Morgan fingerprint density at radius 3 is 2.06 bits per heavy atom. The van der Waals surface area contributed by atoms with Crippen LogP contribution in [0, 0.1) is 0 Å². The largest absolute Gasteiger partial charge is 0.479 e. The molecular weight excluding hydrogens is 238 g/mol. The minimum Gasteiger partial charge on any atom is -0.479 e. The standard InChI is InChI=1S/C7H7F4NO4/c8-3(4(13)14)6(16)1-12(2-6)5(15)7(9,10)11/h3,16H,1-2H2,(H,13,14). The van der Waals surface area contributed by atoms with E-state index in [0.29, 0.717) is 0 Å². The summed E-state index contributed by atoms with van der Waals surface area (Å²) in [5.74, 6) is -4.21. The maximum Gasteiger partial charge on any atom is 0.471 e. The van der Waals surface area contributed by atoms with E-state index >= 15 is 0 Å². The summed E-state index contributed by atoms with van der Waals surface area (Å²) in [7, 11) is 0. The van der Waals surface area contributed by atoms with Gasteiger partial charge in [0.15, 0.2) is 0 Å². The molecule has 0 aromatic heterocycles. The molecule has 16 heavy (non-hydrogen) atoms. The molecule has 0 aromatic carbocycles. The fraction of sp³-hybridized carbons (Fsp3) is 0.714. The van der Waals surface area contributed by atoms with Gasteiger partial charge >= 0.3 is 18.1 Å². The van der Waals surface area contributed by atoms with Gasteiger partial charge in [-0.2, -0.15) is 13.2 Å². The molecule has 1 amide bonds. The van der Waals surface area contributed by atoms with Crippen LogP contribution in [-0.4, -0.2) is 58.0 Å². The highest BCUT2D eigenvalue weighted by Gasteiger charge is 2.57. The molecule has 0 aliphatic carbocycles. The van der Waals surface area contributed by atoms with Gasteiger partial charge in [0, 0.05) is 0 Å². The van der Waals surface area contributed by atoms with Crippen LogP contribution in [-0.2, 0) is 9.59 Å². The van der Waals surface area contributed by atoms with Gasteiger partial charge in [0.05, 0.1) is 13.1 Å². The fourth-order valence-electron chi connectivity index (χ4n) is 1.33. The highest BCUT2D eigenvalue weighted by Crippen LogP contribution is 2.30. The molecule has 0 radical (unpaired) electrons. The molecule has 1 fully saturated rings. The van der Waals surface area contributed by atoms with Gasteiger partial charge in [0.1, 0.15) is 5.60 Å². The fourth-order valence-corrected chi connectivity index (χ4v) is 1.33. The number of carboxylic acid groups (broad SMARTS) is 1. The number of aliphatic carboxylic acids is 1. The number of amides is 1. The number of carbonyl (C=O) groups is 2. The lowest BCUT2D eigenvalue weighted by Gasteiger charge is -2.46. The number of aliphatic hydroxyl groups is 1. The molecule has 92 valence electrons. The van der Waals surface area contributed by atoms with Crippen LogP contribution in [0.15, 0.2) is 0 Å². The molecule has 0 bridgehead atoms. The number of likely N-dealkylation sites (tertiary alicyclic amines) is 1. The third kappa shape index (κ3) is 2.08. The van der Waals surface area contributed by atoms with Crippen molar-refractivity contribution in [2.24, 2.45) is 0 Å². The maximum absolute atomic E-state index is 12.8. The summed E-state index contributed by atoms with van der Waals surface area (Å²) < 4.78 is 48.4. The number of carbonyl (C=O) groups excluding carboxylic acids is 1. The number of carboxylic acids is 1. The molecule has 9 heteroatoms. The topological polar surface area (TPSA) is 77.8 Å². The Balaban J connectivity index is 2.61. The van der Waals surface area contributed by atoms with Gasteiger partial charge in [0.2, 0.25) is 6.17 Å². The Hall–Kier alpha value is -1.38. The second-order valence-corrected chi connectivity index (χ2v) is 3.46. The van der Waals surface area contributed by atoms with E-state index < -0.39 is 42.9 Å². The molecule has 0 aromatic rings. The Morgan fingerprint density at radius 2 is 1.75 bits per heavy atom. The van der Waals surface area contributed by atoms with E-state index in [-0.39, 0.29) is 4.90 Å². The number of halogens is 4. The minimum absolute atomic E-state index is 0.134. The first-order chi connectivity index (χ1) is 7.08. The van der Waals surface area contributed by atoms with E-state index in [4.69, 9.17) is 5.11 Å². The van der Waals surface area contributed by atoms with Crippen molar-refractivity contribution >= 4 is 11.9 Å². The number of hydrogen-bond acceptors (Lipinski definition) is 3. The van der Waals surface area contributed by atoms with Crippen LogP contribution < -0.4 is 0 Å². The number of β-amino-alcohol motifs (C(OH)–C–C–N with tert-alkyl or cyclic N) is 1. The lowest BCUT2D eigenvalue weighted by atomic mass is 9.88. The molecule has 1 aliphatic rings. The Morgan fingerprint density at radius 1 is 1.31 bits per heavy atom. The summed E-state index contributed by atoms with van der Waals surface area (Å²) in [6.45, 7) is -1.97. The average Bonchev–Trinajstić information content (AvgIpc) is 2.08. The number of hydrogen-bond donors (Lipinski definition) is 2. The van der Waals surface area contributed by atoms with E-state index in [0.717, 1.165) is 0 Å². The van der Waals surface area contributed by atoms with Gasteiger partial charge in [-0.25, -0.2) is 9.18 Å². The smallest absolute Gasteiger partial charge is 0.471 e. The van der Waals surface area contributed by atoms with Crippen molar-refractivity contribution < 1.29 is 37.4 Å². The summed E-state index contributed by atoms with van der Waals surface area (Å²) in [6.07, 6.45) is -7.83. The maximum atomic E-state index is 12.8. The SMILES string of the molecule is O=C(O)C(F)C1(O)CN(C(=O)C(F)(F)F)C1. The Labute approximate surface area is 86.3 Å². The minimum atomic E-state index is -5.11. The van der Waals surface area contributed by atoms with Gasteiger partial charge in [-0.3, -0.25) is 4.79 Å². The van der Waals surface area contributed by atoms with Crippen LogP contribution in [0.2, 0.25) is 0 Å². The average molecular weight is 245 g/mol. The van der Waals surface area contributed by atoms with Gasteiger partial charge in [-0.15, -0.1) is 0 Å². The lowest BCUT2D eigenvalue weighted by Crippen LogP contribution is -2.70. The highest BCUT2D eigenvalue weighted by atomic mass is 19.4. The monoisotopic (exact) mass is 245 g/mol. The van der Waals surface area contributed by atoms with Crippen LogP contribution >= 0.6 is 0 Å². The van der Waals surface area contributed by atoms with E-state index in [1.54, 1.807) is 0 Å². The van der Waals surface area contributed by atoms with Gasteiger partial charge in [-0.05, 0) is 0 Å². The normalized spacial score (nSPS) is 21.2. The predicted octanol–water partition coefficient (Wildman–Crippen LogP) is -0.455. The molecule has 1 atom stereocenters. The van der Waals surface area contributed by atoms with Crippen molar-refractivity contribution in [1.29, 1.82) is 0 Å². The third-order valence-electron chi connectivity index (χ3n) is 2.15. The predicted molar refractivity (Wildman–Crippen MR) is 40.1 cm³/mol. The van der Waals surface area contributed by atoms with Crippen molar-refractivity contribution in [3.8, 4) is 0 Å². The van der Waals surface area contributed by atoms with E-state index in [9.17, 15) is 32.3 Å². The summed E-state index contributed by atoms with van der Waals surface area (Å²) in [5.41, 5.74) is -2.44. The zero-order chi connectivity index (χ0) is 12.7. The zero-order valence-corrected chi connectivity index (χ0v) is 7.66. The molecule has 0 saturated carbocycles. The first kappa shape index (κ1) is 12.7. The molecule has 2 N–H and O–H groups in total. The van der Waals surface area contributed by atoms with E-state index in [1.807, 2.05) is 0 Å². The molecule has 1 aliphatic heterocycles. The number of rotatable bonds is 2. The van der Waals surface area contributed by atoms with Gasteiger partial charge in [0.25, 0.3) is 0 Å². The summed E-state index contributed by atoms with van der Waals surface area (Å²) >= 11 is 0. The highest BCUT2D eigenvalue weighted by molar-refractivity contribution is 5.83. The summed E-state index contributed by atoms with van der Waals surface area (Å²) in [4.78, 5) is 20.8. The molecule has 1 rings (SSSR count). The first-order valence-electron chi connectivity index (χ1n) is 4.03. The molecular formula is C7H7F4NO4. The third-order valence-corrected chi connectivity index (χ3v) is 2.15. The molecule has 5 nitrogen and oxygen atoms in total. The lowest BCUT2D eigenvalue weighted by molar-refractivity contribution is -0.212. The molecule has 1 heterocycles. The molecule has 1 unspecified atom stereocenters. The quantitative estimate of drug-likeness (QED) is 0.645. The van der Waals surface area contributed by atoms with Crippen molar-refractivity contribution in [3.63, 3.8) is 0 Å². The summed E-state index contributed by atoms with van der Waals surface area (Å²) in [5, 5.41) is 17.4. The summed E-state index contributed by atoms with van der Waals surface area (Å²) in [6, 6.07) is 0. The zero-order valence-electron chi connectivity index (χ0n) is 7.66. The molecule has 0 spiro atoms. The van der Waals surface area contributed by atoms with Gasteiger partial charge in [-0.1, -0.05) is 0 Å². The van der Waals surface area contributed by atoms with Crippen molar-refractivity contribution in [3.05, 3.63) is 0 Å². The Bertz CT molecular complexity index is 323. The molecule has 1 saturated heterocycles. The van der Waals surface area contributed by atoms with Crippen molar-refractivity contribution in [2.45, 2.75) is 17.9 Å². The van der Waals surface area contributed by atoms with E-state index in [2.05, 4.69) is 0 Å². The number of nitrogens with zero attached hydrogens (tertiary/aromatic N) is 1. The van der Waals surface area contributed by atoms with Crippen LogP contribution in [0.5, 0.6) is 0 Å². The number of alkyl halides is 4. The van der Waals surface area contributed by atoms with Gasteiger partial charge < -0.3 is 15.1 Å². The van der Waals surface area contributed by atoms with E-state index in [1.165, 1.54) is 0 Å². The van der Waals surface area contributed by atoms with Crippen LogP contribution in [0.1, 0.15) is 0 Å². The van der Waals surface area contributed by atoms with Crippen LogP contribution in [0.25, 0.3) is 0 Å². The van der Waals surface area contributed by atoms with Crippen molar-refractivity contribution in [1.82, 2.24) is 4.90 Å². The first-order valence-corrected chi connectivity index (χ1v) is 4.03. The second-order valence-electron chi connectivity index (χ2n) is 3.46.